The van der Waals surface area contributed by atoms with E-state index in [1.54, 1.807) is 12.4 Å². The molecule has 3 heterocycles. The standard InChI is InChI=1S/C27H29N5/c1-20-8-11-22(12-9-20)25-18-26(32(31-25)27-28-16-5-17-29-27)23-13-15-24(30-19-23)14-10-21-6-3-2-4-7-21/h2-9,11-12,16-18,23-24,30H,10,13-15,19H2,1H3/t23-,24+/m1/s1. The Balaban J connectivity index is 1.34. The number of nitrogens with one attached hydrogen (secondary N) is 1. The summed E-state index contributed by atoms with van der Waals surface area (Å²) < 4.78 is 1.94. The van der Waals surface area contributed by atoms with E-state index in [1.807, 2.05) is 10.7 Å². The zero-order valence-electron chi connectivity index (χ0n) is 18.5. The van der Waals surface area contributed by atoms with Gasteiger partial charge in [0, 0.05) is 36.5 Å². The smallest absolute Gasteiger partial charge is 0.250 e. The Kier molecular flexibility index (Phi) is 6.08. The van der Waals surface area contributed by atoms with Crippen LogP contribution in [0.25, 0.3) is 17.2 Å². The number of nitrogens with zero attached hydrogens (tertiary/aromatic N) is 4. The Bertz CT molecular complexity index is 1130. The van der Waals surface area contributed by atoms with Crippen LogP contribution in [0.2, 0.25) is 0 Å². The van der Waals surface area contributed by atoms with Gasteiger partial charge in [0.05, 0.1) is 11.4 Å². The molecule has 2 aromatic heterocycles. The van der Waals surface area contributed by atoms with E-state index in [4.69, 9.17) is 5.10 Å². The van der Waals surface area contributed by atoms with Crippen molar-refractivity contribution in [3.05, 3.63) is 95.9 Å². The van der Waals surface area contributed by atoms with E-state index in [0.29, 0.717) is 17.9 Å². The van der Waals surface area contributed by atoms with Crippen LogP contribution >= 0.6 is 0 Å². The summed E-state index contributed by atoms with van der Waals surface area (Å²) in [7, 11) is 0. The van der Waals surface area contributed by atoms with Crippen molar-refractivity contribution >= 4 is 0 Å². The van der Waals surface area contributed by atoms with E-state index in [9.17, 15) is 0 Å². The predicted molar refractivity (Wildman–Crippen MR) is 128 cm³/mol. The van der Waals surface area contributed by atoms with E-state index in [1.165, 1.54) is 23.2 Å². The van der Waals surface area contributed by atoms with Crippen LogP contribution in [0.1, 0.15) is 42.0 Å². The summed E-state index contributed by atoms with van der Waals surface area (Å²) in [5, 5.41) is 8.71. The number of aromatic nitrogens is 4. The minimum atomic E-state index is 0.387. The Morgan fingerprint density at radius 1 is 0.938 bits per heavy atom. The number of hydrogen-bond donors (Lipinski definition) is 1. The number of aryl methyl sites for hydroxylation is 2. The lowest BCUT2D eigenvalue weighted by Gasteiger charge is -2.30. The summed E-state index contributed by atoms with van der Waals surface area (Å²) in [6.07, 6.45) is 8.15. The van der Waals surface area contributed by atoms with Crippen molar-refractivity contribution in [1.82, 2.24) is 25.1 Å². The van der Waals surface area contributed by atoms with Crippen molar-refractivity contribution in [2.24, 2.45) is 0 Å². The lowest BCUT2D eigenvalue weighted by Crippen LogP contribution is -2.38. The highest BCUT2D eigenvalue weighted by Crippen LogP contribution is 2.31. The summed E-state index contributed by atoms with van der Waals surface area (Å²) >= 11 is 0. The molecular weight excluding hydrogens is 394 g/mol. The third-order valence-corrected chi connectivity index (χ3v) is 6.38. The van der Waals surface area contributed by atoms with Gasteiger partial charge in [-0.15, -0.1) is 0 Å². The molecular formula is C27H29N5. The van der Waals surface area contributed by atoms with Gasteiger partial charge in [0.1, 0.15) is 0 Å². The second kappa shape index (κ2) is 9.45. The molecule has 2 atom stereocenters. The number of piperidine rings is 1. The van der Waals surface area contributed by atoms with Crippen molar-refractivity contribution in [2.45, 2.75) is 44.6 Å². The minimum Gasteiger partial charge on any atom is -0.313 e. The van der Waals surface area contributed by atoms with Crippen molar-refractivity contribution in [2.75, 3.05) is 6.54 Å². The highest BCUT2D eigenvalue weighted by atomic mass is 15.4. The van der Waals surface area contributed by atoms with Crippen LogP contribution in [-0.4, -0.2) is 32.3 Å². The van der Waals surface area contributed by atoms with Crippen LogP contribution in [0.5, 0.6) is 0 Å². The highest BCUT2D eigenvalue weighted by Gasteiger charge is 2.26. The fourth-order valence-corrected chi connectivity index (χ4v) is 4.51. The molecule has 1 aliphatic heterocycles. The fraction of sp³-hybridized carbons (Fsp3) is 0.296. The molecule has 162 valence electrons. The first-order valence-electron chi connectivity index (χ1n) is 11.5. The maximum Gasteiger partial charge on any atom is 0.250 e. The van der Waals surface area contributed by atoms with Crippen molar-refractivity contribution in [1.29, 1.82) is 0 Å². The molecule has 0 spiro atoms. The normalized spacial score (nSPS) is 18.5. The summed E-state index contributed by atoms with van der Waals surface area (Å²) in [6, 6.07) is 23.9. The lowest BCUT2D eigenvalue weighted by atomic mass is 9.89. The molecule has 1 aliphatic rings. The molecule has 0 bridgehead atoms. The summed E-state index contributed by atoms with van der Waals surface area (Å²) in [6.45, 7) is 3.05. The number of hydrogen-bond acceptors (Lipinski definition) is 4. The van der Waals surface area contributed by atoms with Crippen LogP contribution in [0, 0.1) is 6.92 Å². The molecule has 0 saturated carbocycles. The predicted octanol–water partition coefficient (Wildman–Crippen LogP) is 5.11. The van der Waals surface area contributed by atoms with Gasteiger partial charge in [0.15, 0.2) is 0 Å². The molecule has 5 heteroatoms. The Morgan fingerprint density at radius 2 is 1.72 bits per heavy atom. The largest absolute Gasteiger partial charge is 0.313 e. The third-order valence-electron chi connectivity index (χ3n) is 6.38. The number of benzene rings is 2. The molecule has 4 aromatic rings. The van der Waals surface area contributed by atoms with Gasteiger partial charge in [-0.3, -0.25) is 0 Å². The second-order valence-corrected chi connectivity index (χ2v) is 8.68. The summed E-state index contributed by atoms with van der Waals surface area (Å²) in [4.78, 5) is 8.95. The Morgan fingerprint density at radius 3 is 2.44 bits per heavy atom. The monoisotopic (exact) mass is 423 g/mol. The van der Waals surface area contributed by atoms with Crippen LogP contribution in [-0.2, 0) is 6.42 Å². The average Bonchev–Trinajstić information content (AvgIpc) is 3.30. The molecule has 5 nitrogen and oxygen atoms in total. The average molecular weight is 424 g/mol. The van der Waals surface area contributed by atoms with E-state index in [0.717, 1.165) is 37.1 Å². The molecule has 1 saturated heterocycles. The molecule has 5 rings (SSSR count). The zero-order chi connectivity index (χ0) is 21.8. The van der Waals surface area contributed by atoms with Crippen LogP contribution in [0.4, 0.5) is 0 Å². The maximum absolute atomic E-state index is 4.91. The van der Waals surface area contributed by atoms with Gasteiger partial charge >= 0.3 is 0 Å². The van der Waals surface area contributed by atoms with Gasteiger partial charge < -0.3 is 5.32 Å². The first-order chi connectivity index (χ1) is 15.8. The first kappa shape index (κ1) is 20.6. The van der Waals surface area contributed by atoms with Crippen molar-refractivity contribution < 1.29 is 0 Å². The van der Waals surface area contributed by atoms with E-state index in [2.05, 4.69) is 82.9 Å². The highest BCUT2D eigenvalue weighted by molar-refractivity contribution is 5.60. The summed E-state index contributed by atoms with van der Waals surface area (Å²) in [5.74, 6) is 1.02. The first-order valence-corrected chi connectivity index (χ1v) is 11.5. The lowest BCUT2D eigenvalue weighted by molar-refractivity contribution is 0.344. The van der Waals surface area contributed by atoms with Gasteiger partial charge in [0.2, 0.25) is 0 Å². The topological polar surface area (TPSA) is 55.6 Å². The van der Waals surface area contributed by atoms with Crippen LogP contribution in [0.3, 0.4) is 0 Å². The van der Waals surface area contributed by atoms with E-state index >= 15 is 0 Å². The van der Waals surface area contributed by atoms with Gasteiger partial charge in [-0.25, -0.2) is 14.6 Å². The van der Waals surface area contributed by atoms with Gasteiger partial charge in [-0.05, 0) is 50.3 Å². The van der Waals surface area contributed by atoms with Crippen LogP contribution in [0.15, 0.2) is 79.1 Å². The quantitative estimate of drug-likeness (QED) is 0.468. The van der Waals surface area contributed by atoms with Gasteiger partial charge in [-0.1, -0.05) is 60.2 Å². The van der Waals surface area contributed by atoms with Crippen LogP contribution < -0.4 is 5.32 Å². The van der Waals surface area contributed by atoms with Gasteiger partial charge in [-0.2, -0.15) is 5.10 Å². The van der Waals surface area contributed by atoms with Crippen molar-refractivity contribution in [3.63, 3.8) is 0 Å². The third kappa shape index (κ3) is 4.63. The molecule has 1 N–H and O–H groups in total. The SMILES string of the molecule is Cc1ccc(-c2cc([C@@H]3CC[C@H](CCc4ccccc4)NC3)n(-c3ncccn3)n2)cc1. The zero-order valence-corrected chi connectivity index (χ0v) is 18.5. The molecule has 0 aliphatic carbocycles. The molecule has 0 unspecified atom stereocenters. The Labute approximate surface area is 189 Å². The molecule has 32 heavy (non-hydrogen) atoms. The fourth-order valence-electron chi connectivity index (χ4n) is 4.51. The van der Waals surface area contributed by atoms with E-state index in [-0.39, 0.29) is 0 Å². The Hall–Kier alpha value is -3.31. The minimum absolute atomic E-state index is 0.387. The number of rotatable bonds is 6. The van der Waals surface area contributed by atoms with Gasteiger partial charge in [0.25, 0.3) is 5.95 Å². The molecule has 0 amide bonds. The molecule has 1 fully saturated rings. The molecule has 0 radical (unpaired) electrons. The second-order valence-electron chi connectivity index (χ2n) is 8.68. The summed E-state index contributed by atoms with van der Waals surface area (Å²) in [5.41, 5.74) is 5.94. The van der Waals surface area contributed by atoms with E-state index < -0.39 is 0 Å². The molecule has 2 aromatic carbocycles. The van der Waals surface area contributed by atoms with Crippen molar-refractivity contribution in [3.8, 4) is 17.2 Å². The maximum atomic E-state index is 4.91.